The number of hydrogen-bond acceptors (Lipinski definition) is 3. The first-order chi connectivity index (χ1) is 7.27. The number of ether oxygens (including phenoxy) is 1. The fourth-order valence-corrected chi connectivity index (χ4v) is 1.96. The lowest BCUT2D eigenvalue weighted by atomic mass is 10.2. The fourth-order valence-electron chi connectivity index (χ4n) is 1.96. The predicted octanol–water partition coefficient (Wildman–Crippen LogP) is 1.49. The predicted molar refractivity (Wildman–Crippen MR) is 64.2 cm³/mol. The fraction of sp³-hybridized carbons (Fsp3) is 1.00. The molecule has 1 saturated heterocycles. The van der Waals surface area contributed by atoms with E-state index in [4.69, 9.17) is 4.74 Å². The van der Waals surface area contributed by atoms with E-state index in [1.165, 1.54) is 12.8 Å². The van der Waals surface area contributed by atoms with Crippen LogP contribution in [0.25, 0.3) is 0 Å². The number of morpholine rings is 1. The lowest BCUT2D eigenvalue weighted by Gasteiger charge is -2.35. The van der Waals surface area contributed by atoms with Gasteiger partial charge in [-0.05, 0) is 19.8 Å². The molecule has 0 aromatic carbocycles. The van der Waals surface area contributed by atoms with Crippen molar-refractivity contribution in [1.29, 1.82) is 0 Å². The molecule has 1 heterocycles. The molecule has 1 fully saturated rings. The van der Waals surface area contributed by atoms with Gasteiger partial charge in [0.25, 0.3) is 0 Å². The molecule has 3 nitrogen and oxygen atoms in total. The summed E-state index contributed by atoms with van der Waals surface area (Å²) in [6, 6.07) is 1.28. The number of nitrogens with one attached hydrogen (secondary N) is 1. The first-order valence-electron chi connectivity index (χ1n) is 6.33. The van der Waals surface area contributed by atoms with Crippen molar-refractivity contribution >= 4 is 0 Å². The third-order valence-electron chi connectivity index (χ3n) is 3.32. The molecule has 0 radical (unpaired) electrons. The summed E-state index contributed by atoms with van der Waals surface area (Å²) in [5, 5.41) is 3.54. The van der Waals surface area contributed by atoms with E-state index in [1.54, 1.807) is 0 Å². The summed E-state index contributed by atoms with van der Waals surface area (Å²) in [7, 11) is 0. The van der Waals surface area contributed by atoms with E-state index in [1.807, 2.05) is 0 Å². The minimum absolute atomic E-state index is 0.637. The van der Waals surface area contributed by atoms with Gasteiger partial charge >= 0.3 is 0 Å². The Balaban J connectivity index is 2.17. The quantitative estimate of drug-likeness (QED) is 0.725. The average molecular weight is 214 g/mol. The minimum atomic E-state index is 0.637. The summed E-state index contributed by atoms with van der Waals surface area (Å²) in [6.45, 7) is 11.9. The van der Waals surface area contributed by atoms with Gasteiger partial charge in [-0.1, -0.05) is 13.8 Å². The molecule has 2 unspecified atom stereocenters. The van der Waals surface area contributed by atoms with Crippen LogP contribution in [0.4, 0.5) is 0 Å². The molecule has 0 aromatic rings. The Bertz CT molecular complexity index is 164. The summed E-state index contributed by atoms with van der Waals surface area (Å²) in [6.07, 6.45) is 2.41. The third-order valence-corrected chi connectivity index (χ3v) is 3.32. The van der Waals surface area contributed by atoms with Crippen LogP contribution in [-0.2, 0) is 4.74 Å². The smallest absolute Gasteiger partial charge is 0.0622 e. The summed E-state index contributed by atoms with van der Waals surface area (Å²) < 4.78 is 5.49. The van der Waals surface area contributed by atoms with Crippen molar-refractivity contribution in [2.45, 2.75) is 45.7 Å². The first-order valence-corrected chi connectivity index (χ1v) is 6.33. The second-order valence-corrected chi connectivity index (χ2v) is 4.44. The van der Waals surface area contributed by atoms with Gasteiger partial charge < -0.3 is 10.1 Å². The van der Waals surface area contributed by atoms with Gasteiger partial charge in [-0.3, -0.25) is 4.90 Å². The molecule has 3 heteroatoms. The van der Waals surface area contributed by atoms with Gasteiger partial charge in [0.2, 0.25) is 0 Å². The largest absolute Gasteiger partial charge is 0.378 e. The van der Waals surface area contributed by atoms with Crippen LogP contribution in [-0.4, -0.2) is 49.8 Å². The Labute approximate surface area is 94.2 Å². The van der Waals surface area contributed by atoms with Gasteiger partial charge in [-0.2, -0.15) is 0 Å². The lowest BCUT2D eigenvalue weighted by molar-refractivity contribution is -0.00805. The van der Waals surface area contributed by atoms with Gasteiger partial charge in [-0.15, -0.1) is 0 Å². The van der Waals surface area contributed by atoms with Crippen molar-refractivity contribution in [2.75, 3.05) is 32.8 Å². The monoisotopic (exact) mass is 214 g/mol. The Morgan fingerprint density at radius 2 is 2.27 bits per heavy atom. The molecule has 1 rings (SSSR count). The van der Waals surface area contributed by atoms with Crippen molar-refractivity contribution < 1.29 is 4.74 Å². The van der Waals surface area contributed by atoms with Gasteiger partial charge in [-0.25, -0.2) is 0 Å². The van der Waals surface area contributed by atoms with Crippen LogP contribution >= 0.6 is 0 Å². The van der Waals surface area contributed by atoms with Crippen LogP contribution in [0.15, 0.2) is 0 Å². The highest BCUT2D eigenvalue weighted by atomic mass is 16.5. The zero-order valence-electron chi connectivity index (χ0n) is 10.5. The van der Waals surface area contributed by atoms with Gasteiger partial charge in [0.15, 0.2) is 0 Å². The molecule has 0 amide bonds. The van der Waals surface area contributed by atoms with E-state index in [0.717, 1.165) is 32.8 Å². The highest BCUT2D eigenvalue weighted by molar-refractivity contribution is 4.74. The standard InChI is InChI=1S/C12H26N2O/c1-4-11(3)13-6-7-14-8-9-15-10-12(14)5-2/h11-13H,4-10H2,1-3H3. The molecule has 0 spiro atoms. The van der Waals surface area contributed by atoms with Gasteiger partial charge in [0.1, 0.15) is 0 Å². The molecule has 15 heavy (non-hydrogen) atoms. The maximum absolute atomic E-state index is 5.49. The molecule has 1 N–H and O–H groups in total. The zero-order valence-corrected chi connectivity index (χ0v) is 10.5. The van der Waals surface area contributed by atoms with Crippen molar-refractivity contribution in [2.24, 2.45) is 0 Å². The van der Waals surface area contributed by atoms with Crippen LogP contribution in [0.1, 0.15) is 33.6 Å². The second-order valence-electron chi connectivity index (χ2n) is 4.44. The van der Waals surface area contributed by atoms with E-state index in [0.29, 0.717) is 12.1 Å². The normalized spacial score (nSPS) is 25.4. The van der Waals surface area contributed by atoms with Crippen LogP contribution in [0.3, 0.4) is 0 Å². The van der Waals surface area contributed by atoms with E-state index in [2.05, 4.69) is 31.0 Å². The molecule has 1 aliphatic rings. The van der Waals surface area contributed by atoms with Crippen LogP contribution in [0.5, 0.6) is 0 Å². The van der Waals surface area contributed by atoms with Crippen LogP contribution in [0.2, 0.25) is 0 Å². The second kappa shape index (κ2) is 7.20. The molecular weight excluding hydrogens is 188 g/mol. The molecule has 0 saturated carbocycles. The first kappa shape index (κ1) is 12.9. The summed E-state index contributed by atoms with van der Waals surface area (Å²) >= 11 is 0. The summed E-state index contributed by atoms with van der Waals surface area (Å²) in [5.74, 6) is 0. The van der Waals surface area contributed by atoms with E-state index >= 15 is 0 Å². The minimum Gasteiger partial charge on any atom is -0.378 e. The van der Waals surface area contributed by atoms with E-state index < -0.39 is 0 Å². The number of rotatable bonds is 6. The number of hydrogen-bond donors (Lipinski definition) is 1. The van der Waals surface area contributed by atoms with Crippen LogP contribution < -0.4 is 5.32 Å². The third kappa shape index (κ3) is 4.49. The summed E-state index contributed by atoms with van der Waals surface area (Å²) in [5.41, 5.74) is 0. The molecular formula is C12H26N2O. The van der Waals surface area contributed by atoms with E-state index in [9.17, 15) is 0 Å². The SMILES string of the molecule is CCC(C)NCCN1CCOCC1CC. The van der Waals surface area contributed by atoms with Crippen molar-refractivity contribution in [1.82, 2.24) is 10.2 Å². The summed E-state index contributed by atoms with van der Waals surface area (Å²) in [4.78, 5) is 2.55. The average Bonchev–Trinajstić information content (AvgIpc) is 2.29. The van der Waals surface area contributed by atoms with Gasteiger partial charge in [0, 0.05) is 31.7 Å². The topological polar surface area (TPSA) is 24.5 Å². The maximum Gasteiger partial charge on any atom is 0.0622 e. The molecule has 90 valence electrons. The van der Waals surface area contributed by atoms with Crippen molar-refractivity contribution in [3.05, 3.63) is 0 Å². The highest BCUT2D eigenvalue weighted by Gasteiger charge is 2.20. The molecule has 0 aromatic heterocycles. The Kier molecular flexibility index (Phi) is 6.22. The maximum atomic E-state index is 5.49. The van der Waals surface area contributed by atoms with Gasteiger partial charge in [0.05, 0.1) is 13.2 Å². The Morgan fingerprint density at radius 1 is 1.47 bits per heavy atom. The number of nitrogens with zero attached hydrogens (tertiary/aromatic N) is 1. The Hall–Kier alpha value is -0.120. The lowest BCUT2D eigenvalue weighted by Crippen LogP contribution is -2.48. The molecule has 2 atom stereocenters. The molecule has 1 aliphatic heterocycles. The van der Waals surface area contributed by atoms with E-state index in [-0.39, 0.29) is 0 Å². The molecule has 0 bridgehead atoms. The molecule has 0 aliphatic carbocycles. The van der Waals surface area contributed by atoms with Crippen molar-refractivity contribution in [3.8, 4) is 0 Å². The highest BCUT2D eigenvalue weighted by Crippen LogP contribution is 2.09. The zero-order chi connectivity index (χ0) is 11.1. The van der Waals surface area contributed by atoms with Crippen LogP contribution in [0, 0.1) is 0 Å². The Morgan fingerprint density at radius 3 is 2.93 bits per heavy atom. The van der Waals surface area contributed by atoms with Crippen molar-refractivity contribution in [3.63, 3.8) is 0 Å².